The summed E-state index contributed by atoms with van der Waals surface area (Å²) >= 11 is 5.84. The summed E-state index contributed by atoms with van der Waals surface area (Å²) in [7, 11) is 1.65. The van der Waals surface area contributed by atoms with E-state index < -0.39 is 11.8 Å². The van der Waals surface area contributed by atoms with Gasteiger partial charge in [-0.15, -0.1) is 0 Å². The van der Waals surface area contributed by atoms with Crippen LogP contribution in [0.1, 0.15) is 28.7 Å². The number of pyridine rings is 1. The van der Waals surface area contributed by atoms with Crippen molar-refractivity contribution >= 4 is 34.4 Å². The smallest absolute Gasteiger partial charge is 0.335 e. The number of halogens is 2. The summed E-state index contributed by atoms with van der Waals surface area (Å²) in [5.74, 6) is 0.723. The number of fused-ring (bicyclic) bond motifs is 1. The number of carbonyl (C=O) groups is 1. The topological polar surface area (TPSA) is 93.0 Å². The second kappa shape index (κ2) is 12.2. The van der Waals surface area contributed by atoms with Gasteiger partial charge in [-0.3, -0.25) is 4.90 Å². The molecule has 0 radical (unpaired) electrons. The Bertz CT molecular complexity index is 1510. The molecule has 0 unspecified atom stereocenters. The predicted octanol–water partition coefficient (Wildman–Crippen LogP) is 4.86. The molecule has 11 heteroatoms. The van der Waals surface area contributed by atoms with Gasteiger partial charge in [-0.25, -0.2) is 14.2 Å². The zero-order chi connectivity index (χ0) is 28.2. The molecule has 2 aromatic carbocycles. The van der Waals surface area contributed by atoms with Crippen molar-refractivity contribution in [1.29, 1.82) is 0 Å². The van der Waals surface area contributed by atoms with Crippen LogP contribution >= 0.6 is 11.6 Å². The Balaban J connectivity index is 1.26. The van der Waals surface area contributed by atoms with E-state index in [9.17, 15) is 14.3 Å². The first-order valence-corrected chi connectivity index (χ1v) is 13.4. The highest BCUT2D eigenvalue weighted by Gasteiger charge is 2.26. The zero-order valence-electron chi connectivity index (χ0n) is 22.4. The molecule has 9 nitrogen and oxygen atoms in total. The second-order valence-electron chi connectivity index (χ2n) is 9.81. The summed E-state index contributed by atoms with van der Waals surface area (Å²) in [5, 5.41) is 9.79. The lowest BCUT2D eigenvalue weighted by molar-refractivity contribution is 0.0697. The van der Waals surface area contributed by atoms with Crippen molar-refractivity contribution in [3.8, 4) is 5.88 Å². The number of carboxylic acid groups (broad SMARTS) is 1. The van der Waals surface area contributed by atoms with Gasteiger partial charge in [0.25, 0.3) is 0 Å². The van der Waals surface area contributed by atoms with Gasteiger partial charge >= 0.3 is 5.97 Å². The maximum Gasteiger partial charge on any atom is 0.335 e. The Labute approximate surface area is 236 Å². The van der Waals surface area contributed by atoms with E-state index >= 15 is 0 Å². The molecule has 1 atom stereocenters. The normalized spacial score (nSPS) is 16.0. The van der Waals surface area contributed by atoms with E-state index in [-0.39, 0.29) is 18.2 Å². The molecule has 4 aromatic rings. The highest BCUT2D eigenvalue weighted by Crippen LogP contribution is 2.24. The van der Waals surface area contributed by atoms with Crippen LogP contribution in [-0.2, 0) is 24.4 Å². The van der Waals surface area contributed by atoms with Gasteiger partial charge in [0.2, 0.25) is 5.88 Å². The van der Waals surface area contributed by atoms with E-state index in [2.05, 4.69) is 26.3 Å². The minimum absolute atomic E-state index is 0.0572. The first-order chi connectivity index (χ1) is 19.3. The van der Waals surface area contributed by atoms with Crippen molar-refractivity contribution < 1.29 is 23.8 Å². The Morgan fingerprint density at radius 2 is 2.00 bits per heavy atom. The molecule has 3 heterocycles. The molecular formula is C29H31ClFN5O4. The van der Waals surface area contributed by atoms with E-state index in [1.165, 1.54) is 6.07 Å². The molecule has 210 valence electrons. The van der Waals surface area contributed by atoms with Crippen molar-refractivity contribution in [3.05, 3.63) is 82.4 Å². The molecule has 2 aromatic heterocycles. The number of rotatable bonds is 10. The molecule has 0 aliphatic carbocycles. The number of aromatic carboxylic acids is 1. The van der Waals surface area contributed by atoms with Crippen LogP contribution in [0.25, 0.3) is 11.0 Å². The summed E-state index contributed by atoms with van der Waals surface area (Å²) in [6.45, 7) is 6.22. The number of nitrogens with zero attached hydrogens (tertiary/aromatic N) is 5. The van der Waals surface area contributed by atoms with E-state index in [0.717, 1.165) is 42.3 Å². The number of piperazine rings is 1. The van der Waals surface area contributed by atoms with Crippen LogP contribution in [0.3, 0.4) is 0 Å². The minimum atomic E-state index is -0.965. The summed E-state index contributed by atoms with van der Waals surface area (Å²) in [4.78, 5) is 25.6. The fourth-order valence-corrected chi connectivity index (χ4v) is 5.09. The van der Waals surface area contributed by atoms with E-state index in [1.807, 2.05) is 12.1 Å². The van der Waals surface area contributed by atoms with Crippen LogP contribution in [-0.4, -0.2) is 69.9 Å². The number of methoxy groups -OCH3 is 1. The molecule has 1 fully saturated rings. The third-order valence-electron chi connectivity index (χ3n) is 7.13. The van der Waals surface area contributed by atoms with Gasteiger partial charge < -0.3 is 24.0 Å². The number of aromatic nitrogens is 3. The van der Waals surface area contributed by atoms with E-state index in [0.29, 0.717) is 36.2 Å². The first kappa shape index (κ1) is 27.8. The van der Waals surface area contributed by atoms with Crippen molar-refractivity contribution in [1.82, 2.24) is 19.4 Å². The van der Waals surface area contributed by atoms with Gasteiger partial charge in [0, 0.05) is 56.0 Å². The predicted molar refractivity (Wildman–Crippen MR) is 151 cm³/mol. The van der Waals surface area contributed by atoms with Crippen LogP contribution in [0, 0.1) is 5.82 Å². The highest BCUT2D eigenvalue weighted by atomic mass is 35.5. The molecule has 5 rings (SSSR count). The van der Waals surface area contributed by atoms with Crippen LogP contribution in [0.15, 0.2) is 54.6 Å². The van der Waals surface area contributed by atoms with Crippen molar-refractivity contribution in [2.75, 3.05) is 38.3 Å². The molecule has 0 saturated carbocycles. The van der Waals surface area contributed by atoms with Crippen LogP contribution in [0.2, 0.25) is 5.02 Å². The molecule has 0 spiro atoms. The number of carboxylic acids is 1. The highest BCUT2D eigenvalue weighted by molar-refractivity contribution is 6.30. The van der Waals surface area contributed by atoms with Crippen LogP contribution in [0.5, 0.6) is 5.88 Å². The van der Waals surface area contributed by atoms with Gasteiger partial charge in [-0.1, -0.05) is 23.7 Å². The minimum Gasteiger partial charge on any atom is -0.478 e. The monoisotopic (exact) mass is 567 g/mol. The second-order valence-corrected chi connectivity index (χ2v) is 10.2. The summed E-state index contributed by atoms with van der Waals surface area (Å²) in [6, 6.07) is 15.3. The van der Waals surface area contributed by atoms with E-state index in [4.69, 9.17) is 26.1 Å². The fraction of sp³-hybridized carbons (Fsp3) is 0.345. The average Bonchev–Trinajstić information content (AvgIpc) is 3.28. The summed E-state index contributed by atoms with van der Waals surface area (Å²) in [6.07, 6.45) is 0. The SMILES string of the molecule is COCCn1c(CN2CCN(c3cccc(OCc4ccc(Cl)cc4F)n3)C[C@@H]2C)nc2ccc(C(=O)O)cc21. The van der Waals surface area contributed by atoms with E-state index in [1.54, 1.807) is 43.5 Å². The lowest BCUT2D eigenvalue weighted by Crippen LogP contribution is -2.52. The van der Waals surface area contributed by atoms with Crippen molar-refractivity contribution in [3.63, 3.8) is 0 Å². The Morgan fingerprint density at radius 1 is 1.15 bits per heavy atom. The molecule has 1 aliphatic rings. The Hall–Kier alpha value is -3.73. The van der Waals surface area contributed by atoms with Crippen LogP contribution in [0.4, 0.5) is 10.2 Å². The molecular weight excluding hydrogens is 537 g/mol. The van der Waals surface area contributed by atoms with Crippen LogP contribution < -0.4 is 9.64 Å². The average molecular weight is 568 g/mol. The van der Waals surface area contributed by atoms with Gasteiger partial charge in [0.15, 0.2) is 0 Å². The Kier molecular flexibility index (Phi) is 8.49. The number of imidazole rings is 1. The molecule has 1 saturated heterocycles. The van der Waals surface area contributed by atoms with Crippen molar-refractivity contribution in [2.45, 2.75) is 32.7 Å². The zero-order valence-corrected chi connectivity index (χ0v) is 23.1. The third kappa shape index (κ3) is 6.19. The summed E-state index contributed by atoms with van der Waals surface area (Å²) in [5.41, 5.74) is 2.20. The molecule has 0 bridgehead atoms. The molecule has 1 N–H and O–H groups in total. The lowest BCUT2D eigenvalue weighted by atomic mass is 10.2. The largest absolute Gasteiger partial charge is 0.478 e. The number of hydrogen-bond donors (Lipinski definition) is 1. The standard InChI is InChI=1S/C29H31ClFN5O4/c1-19-16-35(26-4-3-5-28(33-26)40-18-21-6-8-22(30)15-23(21)31)11-10-34(19)17-27-32-24-9-7-20(29(37)38)14-25(24)36(27)12-13-39-2/h3-9,14-15,19H,10-13,16-18H2,1-2H3,(H,37,38)/t19-/m0/s1. The third-order valence-corrected chi connectivity index (χ3v) is 7.36. The van der Waals surface area contributed by atoms with Gasteiger partial charge in [-0.05, 0) is 43.3 Å². The number of ether oxygens (including phenoxy) is 2. The lowest BCUT2D eigenvalue weighted by Gasteiger charge is -2.40. The maximum absolute atomic E-state index is 14.1. The fourth-order valence-electron chi connectivity index (χ4n) is 4.93. The van der Waals surface area contributed by atoms with Gasteiger partial charge in [0.05, 0.1) is 29.7 Å². The quantitative estimate of drug-likeness (QED) is 0.290. The summed E-state index contributed by atoms with van der Waals surface area (Å²) < 4.78 is 27.3. The number of anilines is 1. The maximum atomic E-state index is 14.1. The van der Waals surface area contributed by atoms with Crippen molar-refractivity contribution in [2.24, 2.45) is 0 Å². The van der Waals surface area contributed by atoms with Gasteiger partial charge in [0.1, 0.15) is 24.1 Å². The van der Waals surface area contributed by atoms with Gasteiger partial charge in [-0.2, -0.15) is 4.98 Å². The number of benzene rings is 2. The first-order valence-electron chi connectivity index (χ1n) is 13.1. The number of hydrogen-bond acceptors (Lipinski definition) is 7. The molecule has 1 aliphatic heterocycles. The molecule has 40 heavy (non-hydrogen) atoms. The Morgan fingerprint density at radius 3 is 2.75 bits per heavy atom. The molecule has 0 amide bonds.